The van der Waals surface area contributed by atoms with Crippen LogP contribution < -0.4 is 21.7 Å². The number of nitrogens with one attached hydrogen (secondary N) is 1. The van der Waals surface area contributed by atoms with Crippen LogP contribution in [0.4, 0.5) is 5.69 Å². The molecule has 0 aliphatic carbocycles. The fourth-order valence-corrected chi connectivity index (χ4v) is 1.43. The number of ether oxygens (including phenoxy) is 1. The fourth-order valence-electron chi connectivity index (χ4n) is 1.43. The minimum absolute atomic E-state index is 0.339. The van der Waals surface area contributed by atoms with Gasteiger partial charge in [0, 0.05) is 11.3 Å². The number of nitrogens with two attached hydrogens (primary N) is 2. The van der Waals surface area contributed by atoms with Crippen LogP contribution in [0.25, 0.3) is 0 Å². The highest BCUT2D eigenvalue weighted by atomic mass is 16.5. The van der Waals surface area contributed by atoms with E-state index in [2.05, 4.69) is 5.43 Å². The van der Waals surface area contributed by atoms with Crippen molar-refractivity contribution < 1.29 is 9.53 Å². The SMILES string of the molecule is NNC(=O)c1ccc(Oc2ccc(N)cc2)cc1. The second-order valence-electron chi connectivity index (χ2n) is 3.67. The number of hydrazine groups is 1. The van der Waals surface area contributed by atoms with E-state index in [1.54, 1.807) is 48.5 Å². The van der Waals surface area contributed by atoms with E-state index in [-0.39, 0.29) is 5.91 Å². The maximum Gasteiger partial charge on any atom is 0.265 e. The zero-order valence-electron chi connectivity index (χ0n) is 9.59. The van der Waals surface area contributed by atoms with Crippen molar-refractivity contribution in [3.8, 4) is 11.5 Å². The Balaban J connectivity index is 2.10. The minimum atomic E-state index is -0.339. The third-order valence-electron chi connectivity index (χ3n) is 2.36. The predicted octanol–water partition coefficient (Wildman–Crippen LogP) is 1.66. The number of hydrogen-bond donors (Lipinski definition) is 3. The molecule has 0 unspecified atom stereocenters. The molecule has 1 amide bonds. The third-order valence-corrected chi connectivity index (χ3v) is 2.36. The summed E-state index contributed by atoms with van der Waals surface area (Å²) < 4.78 is 5.58. The topological polar surface area (TPSA) is 90.4 Å². The second-order valence-corrected chi connectivity index (χ2v) is 3.67. The quantitative estimate of drug-likeness (QED) is 0.331. The molecule has 2 aromatic rings. The van der Waals surface area contributed by atoms with Gasteiger partial charge in [-0.15, -0.1) is 0 Å². The van der Waals surface area contributed by atoms with Crippen LogP contribution in [0.3, 0.4) is 0 Å². The summed E-state index contributed by atoms with van der Waals surface area (Å²) in [6.07, 6.45) is 0. The number of rotatable bonds is 3. The van der Waals surface area contributed by atoms with Crippen molar-refractivity contribution in [1.29, 1.82) is 0 Å². The van der Waals surface area contributed by atoms with Gasteiger partial charge in [-0.2, -0.15) is 0 Å². The van der Waals surface area contributed by atoms with Crippen LogP contribution in [0.1, 0.15) is 10.4 Å². The van der Waals surface area contributed by atoms with Crippen LogP contribution in [0.2, 0.25) is 0 Å². The first kappa shape index (κ1) is 11.9. The summed E-state index contributed by atoms with van der Waals surface area (Å²) in [5.74, 6) is 6.01. The van der Waals surface area contributed by atoms with E-state index in [0.29, 0.717) is 22.7 Å². The number of carbonyl (C=O) groups is 1. The smallest absolute Gasteiger partial charge is 0.265 e. The molecule has 5 heteroatoms. The Morgan fingerprint density at radius 3 is 1.94 bits per heavy atom. The van der Waals surface area contributed by atoms with E-state index >= 15 is 0 Å². The van der Waals surface area contributed by atoms with Gasteiger partial charge in [-0.05, 0) is 48.5 Å². The number of nitrogen functional groups attached to an aromatic ring is 2. The van der Waals surface area contributed by atoms with Crippen LogP contribution in [0.5, 0.6) is 11.5 Å². The molecular weight excluding hydrogens is 230 g/mol. The normalized spacial score (nSPS) is 9.83. The van der Waals surface area contributed by atoms with Gasteiger partial charge in [0.15, 0.2) is 0 Å². The Bertz CT molecular complexity index is 535. The van der Waals surface area contributed by atoms with Crippen molar-refractivity contribution in [2.24, 2.45) is 5.84 Å². The molecule has 2 aromatic carbocycles. The molecule has 0 atom stereocenters. The minimum Gasteiger partial charge on any atom is -0.457 e. The molecule has 0 radical (unpaired) electrons. The molecule has 5 N–H and O–H groups in total. The number of amides is 1. The molecule has 0 saturated heterocycles. The lowest BCUT2D eigenvalue weighted by Gasteiger charge is -2.06. The maximum absolute atomic E-state index is 11.2. The Labute approximate surface area is 104 Å². The first-order valence-electron chi connectivity index (χ1n) is 5.33. The van der Waals surface area contributed by atoms with Crippen molar-refractivity contribution >= 4 is 11.6 Å². The summed E-state index contributed by atoms with van der Waals surface area (Å²) in [6, 6.07) is 13.7. The van der Waals surface area contributed by atoms with Crippen LogP contribution in [0, 0.1) is 0 Å². The van der Waals surface area contributed by atoms with E-state index in [0.717, 1.165) is 0 Å². The maximum atomic E-state index is 11.2. The molecule has 0 aromatic heterocycles. The largest absolute Gasteiger partial charge is 0.457 e. The molecular formula is C13H13N3O2. The highest BCUT2D eigenvalue weighted by molar-refractivity contribution is 5.93. The lowest BCUT2D eigenvalue weighted by molar-refractivity contribution is 0.0953. The van der Waals surface area contributed by atoms with Gasteiger partial charge in [-0.25, -0.2) is 5.84 Å². The molecule has 0 heterocycles. The summed E-state index contributed by atoms with van der Waals surface area (Å²) >= 11 is 0. The lowest BCUT2D eigenvalue weighted by atomic mass is 10.2. The number of anilines is 1. The van der Waals surface area contributed by atoms with Gasteiger partial charge in [-0.3, -0.25) is 10.2 Å². The summed E-state index contributed by atoms with van der Waals surface area (Å²) in [5, 5.41) is 0. The molecule has 18 heavy (non-hydrogen) atoms. The lowest BCUT2D eigenvalue weighted by Crippen LogP contribution is -2.29. The molecule has 0 saturated carbocycles. The third kappa shape index (κ3) is 2.78. The fraction of sp³-hybridized carbons (Fsp3) is 0. The van der Waals surface area contributed by atoms with Crippen molar-refractivity contribution in [1.82, 2.24) is 5.43 Å². The van der Waals surface area contributed by atoms with E-state index in [9.17, 15) is 4.79 Å². The van der Waals surface area contributed by atoms with Gasteiger partial charge in [0.1, 0.15) is 11.5 Å². The van der Waals surface area contributed by atoms with Gasteiger partial charge >= 0.3 is 0 Å². The standard InChI is InChI=1S/C13H13N3O2/c14-10-3-7-12(8-4-10)18-11-5-1-9(2-6-11)13(17)16-15/h1-8H,14-15H2,(H,16,17). The number of hydrogen-bond acceptors (Lipinski definition) is 4. The monoisotopic (exact) mass is 243 g/mol. The first-order chi connectivity index (χ1) is 8.69. The summed E-state index contributed by atoms with van der Waals surface area (Å²) in [5.41, 5.74) is 8.79. The van der Waals surface area contributed by atoms with E-state index in [1.807, 2.05) is 0 Å². The summed E-state index contributed by atoms with van der Waals surface area (Å²) in [6.45, 7) is 0. The molecule has 0 fully saturated rings. The molecule has 0 aliphatic rings. The molecule has 92 valence electrons. The van der Waals surface area contributed by atoms with Gasteiger partial charge in [0.05, 0.1) is 0 Å². The van der Waals surface area contributed by atoms with Crippen molar-refractivity contribution in [2.45, 2.75) is 0 Å². The molecule has 0 spiro atoms. The Hall–Kier alpha value is -2.53. The second kappa shape index (κ2) is 5.20. The molecule has 2 rings (SSSR count). The average Bonchev–Trinajstić information content (AvgIpc) is 2.41. The Morgan fingerprint density at radius 1 is 0.944 bits per heavy atom. The van der Waals surface area contributed by atoms with Crippen molar-refractivity contribution in [2.75, 3.05) is 5.73 Å². The van der Waals surface area contributed by atoms with Crippen LogP contribution in [-0.4, -0.2) is 5.91 Å². The molecule has 0 bridgehead atoms. The Kier molecular flexibility index (Phi) is 3.45. The van der Waals surface area contributed by atoms with E-state index in [4.69, 9.17) is 16.3 Å². The molecule has 0 aliphatic heterocycles. The number of carbonyl (C=O) groups excluding carboxylic acids is 1. The van der Waals surface area contributed by atoms with E-state index in [1.165, 1.54) is 0 Å². The van der Waals surface area contributed by atoms with Crippen LogP contribution in [0.15, 0.2) is 48.5 Å². The van der Waals surface area contributed by atoms with Gasteiger partial charge in [0.25, 0.3) is 5.91 Å². The average molecular weight is 243 g/mol. The number of benzene rings is 2. The summed E-state index contributed by atoms with van der Waals surface area (Å²) in [4.78, 5) is 11.2. The van der Waals surface area contributed by atoms with Crippen LogP contribution >= 0.6 is 0 Å². The highest BCUT2D eigenvalue weighted by Gasteiger charge is 2.03. The molecule has 5 nitrogen and oxygen atoms in total. The first-order valence-corrected chi connectivity index (χ1v) is 5.33. The van der Waals surface area contributed by atoms with Gasteiger partial charge in [-0.1, -0.05) is 0 Å². The van der Waals surface area contributed by atoms with Crippen molar-refractivity contribution in [3.63, 3.8) is 0 Å². The van der Waals surface area contributed by atoms with E-state index < -0.39 is 0 Å². The van der Waals surface area contributed by atoms with Gasteiger partial charge < -0.3 is 10.5 Å². The van der Waals surface area contributed by atoms with Crippen LogP contribution in [-0.2, 0) is 0 Å². The predicted molar refractivity (Wildman–Crippen MR) is 69.0 cm³/mol. The zero-order chi connectivity index (χ0) is 13.0. The van der Waals surface area contributed by atoms with Crippen molar-refractivity contribution in [3.05, 3.63) is 54.1 Å². The van der Waals surface area contributed by atoms with Gasteiger partial charge in [0.2, 0.25) is 0 Å². The highest BCUT2D eigenvalue weighted by Crippen LogP contribution is 2.22. The zero-order valence-corrected chi connectivity index (χ0v) is 9.59. The summed E-state index contributed by atoms with van der Waals surface area (Å²) in [7, 11) is 0. The Morgan fingerprint density at radius 2 is 1.44 bits per heavy atom.